The molecule has 0 fully saturated rings. The van der Waals surface area contributed by atoms with Crippen molar-refractivity contribution >= 4 is 15.7 Å². The molecule has 0 spiro atoms. The van der Waals surface area contributed by atoms with Gasteiger partial charge in [-0.3, -0.25) is 4.72 Å². The monoisotopic (exact) mass is 290 g/mol. The van der Waals surface area contributed by atoms with Crippen LogP contribution in [0.1, 0.15) is 19.4 Å². The molecule has 0 aliphatic rings. The number of rotatable bonds is 7. The highest BCUT2D eigenvalue weighted by Crippen LogP contribution is 2.15. The van der Waals surface area contributed by atoms with Crippen LogP contribution < -0.4 is 10.5 Å². The van der Waals surface area contributed by atoms with Gasteiger partial charge in [0.2, 0.25) is 10.0 Å². The van der Waals surface area contributed by atoms with Crippen LogP contribution in [0.15, 0.2) is 18.2 Å². The third kappa shape index (κ3) is 5.54. The van der Waals surface area contributed by atoms with E-state index in [0.29, 0.717) is 5.69 Å². The van der Waals surface area contributed by atoms with Crippen LogP contribution in [0.2, 0.25) is 0 Å². The fourth-order valence-electron chi connectivity index (χ4n) is 1.42. The van der Waals surface area contributed by atoms with Gasteiger partial charge in [-0.05, 0) is 32.0 Å². The number of halogens is 1. The van der Waals surface area contributed by atoms with Crippen molar-refractivity contribution in [3.63, 3.8) is 0 Å². The summed E-state index contributed by atoms with van der Waals surface area (Å²) in [6.45, 7) is 3.77. The number of nitrogens with two attached hydrogens (primary N) is 1. The molecule has 0 amide bonds. The molecule has 0 heterocycles. The highest BCUT2D eigenvalue weighted by molar-refractivity contribution is 7.92. The van der Waals surface area contributed by atoms with Gasteiger partial charge in [0.1, 0.15) is 5.82 Å². The molecular formula is C12H19FN2O3S. The van der Waals surface area contributed by atoms with Crippen LogP contribution in [-0.2, 0) is 21.3 Å². The number of nitrogens with one attached hydrogen (secondary N) is 1. The van der Waals surface area contributed by atoms with E-state index in [0.717, 1.165) is 0 Å². The Labute approximate surface area is 113 Å². The second-order valence-electron chi connectivity index (χ2n) is 4.35. The van der Waals surface area contributed by atoms with E-state index in [1.165, 1.54) is 18.2 Å². The molecule has 7 heteroatoms. The number of hydrogen-bond acceptors (Lipinski definition) is 4. The van der Waals surface area contributed by atoms with E-state index < -0.39 is 15.8 Å². The van der Waals surface area contributed by atoms with E-state index in [4.69, 9.17) is 10.5 Å². The molecule has 1 aromatic rings. The number of sulfonamides is 1. The van der Waals surface area contributed by atoms with Gasteiger partial charge < -0.3 is 10.5 Å². The molecular weight excluding hydrogens is 271 g/mol. The maximum absolute atomic E-state index is 13.2. The predicted octanol–water partition coefficient (Wildman–Crippen LogP) is 1.45. The Morgan fingerprint density at radius 1 is 1.42 bits per heavy atom. The molecule has 19 heavy (non-hydrogen) atoms. The van der Waals surface area contributed by atoms with Gasteiger partial charge in [0.05, 0.1) is 18.5 Å². The van der Waals surface area contributed by atoms with Crippen LogP contribution in [0.4, 0.5) is 10.1 Å². The van der Waals surface area contributed by atoms with Crippen molar-refractivity contribution in [2.45, 2.75) is 26.5 Å². The number of anilines is 1. The van der Waals surface area contributed by atoms with Gasteiger partial charge in [-0.1, -0.05) is 0 Å². The SMILES string of the molecule is CC(C)OCCS(=O)(=O)Nc1ccc(F)c(CN)c1. The van der Waals surface area contributed by atoms with E-state index in [-0.39, 0.29) is 30.6 Å². The fourth-order valence-corrected chi connectivity index (χ4v) is 2.32. The van der Waals surface area contributed by atoms with Crippen LogP contribution in [0.25, 0.3) is 0 Å². The fraction of sp³-hybridized carbons (Fsp3) is 0.500. The van der Waals surface area contributed by atoms with Crippen molar-refractivity contribution < 1.29 is 17.5 Å². The first-order valence-corrected chi connectivity index (χ1v) is 7.60. The average molecular weight is 290 g/mol. The Kier molecular flexibility index (Phi) is 5.71. The minimum absolute atomic E-state index is 0.0118. The largest absolute Gasteiger partial charge is 0.378 e. The summed E-state index contributed by atoms with van der Waals surface area (Å²) in [5.74, 6) is -0.603. The molecule has 0 saturated heterocycles. The van der Waals surface area contributed by atoms with Gasteiger partial charge in [-0.15, -0.1) is 0 Å². The molecule has 0 aliphatic heterocycles. The van der Waals surface area contributed by atoms with Crippen LogP contribution in [0, 0.1) is 5.82 Å². The Hall–Kier alpha value is -1.18. The summed E-state index contributed by atoms with van der Waals surface area (Å²) in [7, 11) is -3.51. The first-order valence-electron chi connectivity index (χ1n) is 5.94. The summed E-state index contributed by atoms with van der Waals surface area (Å²) in [4.78, 5) is 0. The molecule has 0 saturated carbocycles. The quantitative estimate of drug-likeness (QED) is 0.796. The summed E-state index contributed by atoms with van der Waals surface area (Å²) in [5, 5.41) is 0. The zero-order chi connectivity index (χ0) is 14.5. The van der Waals surface area contributed by atoms with Gasteiger partial charge in [0, 0.05) is 17.8 Å². The molecule has 1 aromatic carbocycles. The van der Waals surface area contributed by atoms with E-state index >= 15 is 0 Å². The molecule has 0 unspecified atom stereocenters. The van der Waals surface area contributed by atoms with E-state index in [9.17, 15) is 12.8 Å². The van der Waals surface area contributed by atoms with E-state index in [1.54, 1.807) is 0 Å². The number of benzene rings is 1. The van der Waals surface area contributed by atoms with Gasteiger partial charge >= 0.3 is 0 Å². The summed E-state index contributed by atoms with van der Waals surface area (Å²) < 4.78 is 44.3. The van der Waals surface area contributed by atoms with Gasteiger partial charge in [0.25, 0.3) is 0 Å². The second kappa shape index (κ2) is 6.83. The van der Waals surface area contributed by atoms with Crippen molar-refractivity contribution in [3.05, 3.63) is 29.6 Å². The summed E-state index contributed by atoms with van der Waals surface area (Å²) >= 11 is 0. The topological polar surface area (TPSA) is 81.4 Å². The Morgan fingerprint density at radius 3 is 2.68 bits per heavy atom. The van der Waals surface area contributed by atoms with Crippen LogP contribution in [-0.4, -0.2) is 26.9 Å². The Morgan fingerprint density at radius 2 is 2.11 bits per heavy atom. The van der Waals surface area contributed by atoms with Crippen LogP contribution in [0.3, 0.4) is 0 Å². The predicted molar refractivity (Wildman–Crippen MR) is 72.8 cm³/mol. The van der Waals surface area contributed by atoms with E-state index in [1.807, 2.05) is 13.8 Å². The maximum atomic E-state index is 13.2. The standard InChI is InChI=1S/C12H19FN2O3S/c1-9(2)18-5-6-19(16,17)15-11-3-4-12(13)10(7-11)8-14/h3-4,7,9,15H,5-6,8,14H2,1-2H3. The molecule has 5 nitrogen and oxygen atoms in total. The highest BCUT2D eigenvalue weighted by atomic mass is 32.2. The molecule has 0 radical (unpaired) electrons. The third-order valence-corrected chi connectivity index (χ3v) is 3.59. The van der Waals surface area contributed by atoms with Crippen LogP contribution >= 0.6 is 0 Å². The van der Waals surface area contributed by atoms with Gasteiger partial charge in [-0.25, -0.2) is 12.8 Å². The van der Waals surface area contributed by atoms with Crippen LogP contribution in [0.5, 0.6) is 0 Å². The first-order chi connectivity index (χ1) is 8.84. The van der Waals surface area contributed by atoms with Crippen molar-refractivity contribution in [2.75, 3.05) is 17.1 Å². The first kappa shape index (κ1) is 15.9. The lowest BCUT2D eigenvalue weighted by Crippen LogP contribution is -2.21. The summed E-state index contributed by atoms with van der Waals surface area (Å²) in [6, 6.07) is 3.93. The smallest absolute Gasteiger partial charge is 0.235 e. The number of ether oxygens (including phenoxy) is 1. The molecule has 0 aliphatic carbocycles. The molecule has 3 N–H and O–H groups in total. The molecule has 0 aromatic heterocycles. The molecule has 0 bridgehead atoms. The third-order valence-electron chi connectivity index (χ3n) is 2.34. The van der Waals surface area contributed by atoms with Crippen molar-refractivity contribution in [3.8, 4) is 0 Å². The lowest BCUT2D eigenvalue weighted by molar-refractivity contribution is 0.0913. The van der Waals surface area contributed by atoms with Gasteiger partial charge in [0.15, 0.2) is 0 Å². The Bertz CT molecular complexity index is 518. The maximum Gasteiger partial charge on any atom is 0.235 e. The minimum atomic E-state index is -3.51. The lowest BCUT2D eigenvalue weighted by Gasteiger charge is -2.11. The molecule has 1 rings (SSSR count). The Balaban J connectivity index is 2.67. The van der Waals surface area contributed by atoms with Gasteiger partial charge in [-0.2, -0.15) is 0 Å². The van der Waals surface area contributed by atoms with Crippen molar-refractivity contribution in [2.24, 2.45) is 5.73 Å². The lowest BCUT2D eigenvalue weighted by atomic mass is 10.2. The highest BCUT2D eigenvalue weighted by Gasteiger charge is 2.12. The zero-order valence-electron chi connectivity index (χ0n) is 11.0. The minimum Gasteiger partial charge on any atom is -0.378 e. The number of hydrogen-bond donors (Lipinski definition) is 2. The normalized spacial score (nSPS) is 11.8. The summed E-state index contributed by atoms with van der Waals surface area (Å²) in [6.07, 6.45) is -0.0233. The van der Waals surface area contributed by atoms with Crippen molar-refractivity contribution in [1.82, 2.24) is 0 Å². The van der Waals surface area contributed by atoms with Crippen molar-refractivity contribution in [1.29, 1.82) is 0 Å². The second-order valence-corrected chi connectivity index (χ2v) is 6.19. The molecule has 108 valence electrons. The van der Waals surface area contributed by atoms with E-state index in [2.05, 4.69) is 4.72 Å². The summed E-state index contributed by atoms with van der Waals surface area (Å²) in [5.41, 5.74) is 5.92. The average Bonchev–Trinajstić information content (AvgIpc) is 2.30. The zero-order valence-corrected chi connectivity index (χ0v) is 11.8. The molecule has 0 atom stereocenters.